The summed E-state index contributed by atoms with van der Waals surface area (Å²) in [6, 6.07) is 24.6. The van der Waals surface area contributed by atoms with Gasteiger partial charge in [0.1, 0.15) is 35.4 Å². The molecule has 5 rings (SSSR count). The van der Waals surface area contributed by atoms with E-state index in [1.165, 1.54) is 13.1 Å². The third-order valence-corrected chi connectivity index (χ3v) is 7.39. The van der Waals surface area contributed by atoms with Crippen molar-refractivity contribution in [3.8, 4) is 11.5 Å². The quantitative estimate of drug-likeness (QED) is 0.266. The molecule has 10 heteroatoms. The highest BCUT2D eigenvalue weighted by Gasteiger charge is 2.46. The topological polar surface area (TPSA) is 132 Å². The highest BCUT2D eigenvalue weighted by Crippen LogP contribution is 2.42. The molecule has 4 aromatic rings. The number of nitrogens with zero attached hydrogens (tertiary/aromatic N) is 1. The summed E-state index contributed by atoms with van der Waals surface area (Å²) in [7, 11) is 3.18. The zero-order valence-electron chi connectivity index (χ0n) is 22.9. The van der Waals surface area contributed by atoms with Crippen LogP contribution in [-0.2, 0) is 15.1 Å². The van der Waals surface area contributed by atoms with Crippen LogP contribution in [0.5, 0.6) is 11.5 Å². The average Bonchev–Trinajstić information content (AvgIpc) is 3.29. The first-order chi connectivity index (χ1) is 19.8. The number of aromatic nitrogens is 2. The fourth-order valence-electron chi connectivity index (χ4n) is 5.15. The zero-order valence-corrected chi connectivity index (χ0v) is 22.9. The molecule has 0 amide bonds. The number of aliphatic hydroxyl groups is 2. The number of benzene rings is 3. The monoisotopic (exact) mass is 560 g/mol. The Kier molecular flexibility index (Phi) is 8.09. The maximum atomic E-state index is 12.5. The van der Waals surface area contributed by atoms with Gasteiger partial charge >= 0.3 is 5.69 Å². The molecular weight excluding hydrogens is 528 g/mol. The van der Waals surface area contributed by atoms with Gasteiger partial charge in [0.15, 0.2) is 6.23 Å². The molecule has 1 aliphatic heterocycles. The summed E-state index contributed by atoms with van der Waals surface area (Å²) in [6.07, 6.45) is -3.75. The van der Waals surface area contributed by atoms with Gasteiger partial charge in [0.2, 0.25) is 0 Å². The van der Waals surface area contributed by atoms with Gasteiger partial charge in [-0.05, 0) is 47.9 Å². The van der Waals surface area contributed by atoms with Crippen LogP contribution in [0, 0.1) is 6.92 Å². The number of H-pyrrole nitrogens is 1. The van der Waals surface area contributed by atoms with Gasteiger partial charge in [0.25, 0.3) is 5.56 Å². The van der Waals surface area contributed by atoms with Crippen molar-refractivity contribution in [3.63, 3.8) is 0 Å². The highest BCUT2D eigenvalue weighted by atomic mass is 16.6. The lowest BCUT2D eigenvalue weighted by Crippen LogP contribution is -2.40. The van der Waals surface area contributed by atoms with Gasteiger partial charge < -0.3 is 29.2 Å². The molecular formula is C31H32N2O8. The number of rotatable bonds is 9. The predicted octanol–water partition coefficient (Wildman–Crippen LogP) is 2.49. The van der Waals surface area contributed by atoms with Crippen LogP contribution in [0.15, 0.2) is 94.6 Å². The van der Waals surface area contributed by atoms with E-state index >= 15 is 0 Å². The fraction of sp³-hybridized carbons (Fsp3) is 0.290. The van der Waals surface area contributed by atoms with E-state index in [4.69, 9.17) is 18.9 Å². The molecule has 0 unspecified atom stereocenters. The summed E-state index contributed by atoms with van der Waals surface area (Å²) < 4.78 is 24.6. The second-order valence-electron chi connectivity index (χ2n) is 9.84. The van der Waals surface area contributed by atoms with Gasteiger partial charge in [0.05, 0.1) is 20.8 Å². The molecule has 1 fully saturated rings. The molecule has 3 N–H and O–H groups in total. The Morgan fingerprint density at radius 3 is 1.90 bits per heavy atom. The predicted molar refractivity (Wildman–Crippen MR) is 150 cm³/mol. The highest BCUT2D eigenvalue weighted by molar-refractivity contribution is 5.49. The van der Waals surface area contributed by atoms with Crippen LogP contribution in [0.4, 0.5) is 0 Å². The second-order valence-corrected chi connectivity index (χ2v) is 9.84. The molecule has 1 aliphatic rings. The van der Waals surface area contributed by atoms with Gasteiger partial charge in [-0.25, -0.2) is 4.79 Å². The van der Waals surface area contributed by atoms with Gasteiger partial charge in [-0.2, -0.15) is 0 Å². The molecule has 0 spiro atoms. The average molecular weight is 561 g/mol. The van der Waals surface area contributed by atoms with Gasteiger partial charge in [-0.1, -0.05) is 54.6 Å². The van der Waals surface area contributed by atoms with Crippen LogP contribution in [-0.4, -0.2) is 58.9 Å². The van der Waals surface area contributed by atoms with Gasteiger partial charge in [-0.15, -0.1) is 0 Å². The molecule has 2 heterocycles. The molecule has 0 bridgehead atoms. The van der Waals surface area contributed by atoms with E-state index in [0.717, 1.165) is 21.3 Å². The Labute approximate surface area is 236 Å². The van der Waals surface area contributed by atoms with Crippen molar-refractivity contribution in [1.29, 1.82) is 0 Å². The van der Waals surface area contributed by atoms with Crippen LogP contribution >= 0.6 is 0 Å². The van der Waals surface area contributed by atoms with E-state index in [9.17, 15) is 19.8 Å². The molecule has 214 valence electrons. The van der Waals surface area contributed by atoms with E-state index in [-0.39, 0.29) is 12.2 Å². The minimum absolute atomic E-state index is 0.154. The lowest BCUT2D eigenvalue weighted by atomic mass is 9.80. The Balaban J connectivity index is 1.56. The molecule has 41 heavy (non-hydrogen) atoms. The summed E-state index contributed by atoms with van der Waals surface area (Å²) in [5.41, 5.74) is 0.180. The largest absolute Gasteiger partial charge is 0.497 e. The maximum Gasteiger partial charge on any atom is 0.330 e. The van der Waals surface area contributed by atoms with Crippen molar-refractivity contribution in [1.82, 2.24) is 9.55 Å². The smallest absolute Gasteiger partial charge is 0.330 e. The van der Waals surface area contributed by atoms with Crippen molar-refractivity contribution in [2.75, 3.05) is 20.8 Å². The van der Waals surface area contributed by atoms with Crippen molar-refractivity contribution >= 4 is 0 Å². The summed E-state index contributed by atoms with van der Waals surface area (Å²) in [4.78, 5) is 26.6. The van der Waals surface area contributed by atoms with Crippen LogP contribution in [0.3, 0.4) is 0 Å². The number of aliphatic hydroxyl groups excluding tert-OH is 2. The van der Waals surface area contributed by atoms with E-state index in [0.29, 0.717) is 11.5 Å². The van der Waals surface area contributed by atoms with Crippen molar-refractivity contribution in [2.24, 2.45) is 0 Å². The molecule has 1 saturated heterocycles. The number of aryl methyl sites for hydroxylation is 1. The molecule has 3 aromatic carbocycles. The second kappa shape index (κ2) is 11.7. The zero-order chi connectivity index (χ0) is 29.1. The number of nitrogens with one attached hydrogen (secondary N) is 1. The fourth-order valence-corrected chi connectivity index (χ4v) is 5.15. The van der Waals surface area contributed by atoms with Crippen molar-refractivity contribution in [3.05, 3.63) is 128 Å². The lowest BCUT2D eigenvalue weighted by molar-refractivity contribution is -0.0959. The van der Waals surface area contributed by atoms with Crippen LogP contribution in [0.1, 0.15) is 28.5 Å². The standard InChI is InChI=1S/C31H32N2O8/c1-19-17-33(30(37)32-28(19)36)29-27(35)26(34)25(41-29)18-40-31(20-7-5-4-6-8-20,21-9-13-23(38-2)14-10-21)22-11-15-24(39-3)16-12-22/h4-17,25-27,29,34-35H,18H2,1-3H3,(H,32,36,37)/t25-,26-,27-,29-/m1/s1. The number of aromatic amines is 1. The molecule has 0 aliphatic carbocycles. The Hall–Kier alpha value is -4.22. The Morgan fingerprint density at radius 2 is 1.37 bits per heavy atom. The SMILES string of the molecule is COc1ccc(C(OC[C@H]2O[C@@H](n3cc(C)c(=O)[nH]c3=O)[C@H](O)[C@@H]2O)(c2ccccc2)c2ccc(OC)cc2)cc1. The lowest BCUT2D eigenvalue weighted by Gasteiger charge is -2.37. The summed E-state index contributed by atoms with van der Waals surface area (Å²) in [5, 5.41) is 21.8. The molecule has 4 atom stereocenters. The molecule has 0 radical (unpaired) electrons. The third kappa shape index (κ3) is 5.30. The Morgan fingerprint density at radius 1 is 0.829 bits per heavy atom. The van der Waals surface area contributed by atoms with Crippen molar-refractivity contribution in [2.45, 2.75) is 37.1 Å². The molecule has 0 saturated carbocycles. The number of hydrogen-bond donors (Lipinski definition) is 3. The first kappa shape index (κ1) is 28.3. The molecule has 1 aromatic heterocycles. The van der Waals surface area contributed by atoms with Crippen LogP contribution in [0.25, 0.3) is 0 Å². The minimum atomic E-state index is -1.44. The van der Waals surface area contributed by atoms with E-state index in [1.807, 2.05) is 78.9 Å². The third-order valence-electron chi connectivity index (χ3n) is 7.39. The van der Waals surface area contributed by atoms with Crippen LogP contribution < -0.4 is 20.7 Å². The Bertz CT molecular complexity index is 1530. The van der Waals surface area contributed by atoms with Crippen LogP contribution in [0.2, 0.25) is 0 Å². The first-order valence-electron chi connectivity index (χ1n) is 13.1. The summed E-state index contributed by atoms with van der Waals surface area (Å²) in [5.74, 6) is 1.35. The summed E-state index contributed by atoms with van der Waals surface area (Å²) in [6.45, 7) is 1.38. The normalized spacial score (nSPS) is 20.6. The molecule has 10 nitrogen and oxygen atoms in total. The summed E-state index contributed by atoms with van der Waals surface area (Å²) >= 11 is 0. The van der Waals surface area contributed by atoms with Crippen molar-refractivity contribution < 1.29 is 29.2 Å². The van der Waals surface area contributed by atoms with Gasteiger partial charge in [0, 0.05) is 11.8 Å². The first-order valence-corrected chi connectivity index (χ1v) is 13.1. The van der Waals surface area contributed by atoms with E-state index in [2.05, 4.69) is 4.98 Å². The minimum Gasteiger partial charge on any atom is -0.497 e. The number of hydrogen-bond acceptors (Lipinski definition) is 8. The van der Waals surface area contributed by atoms with E-state index < -0.39 is 41.4 Å². The number of methoxy groups -OCH3 is 2. The number of ether oxygens (including phenoxy) is 4. The van der Waals surface area contributed by atoms with E-state index in [1.54, 1.807) is 14.2 Å². The maximum absolute atomic E-state index is 12.5. The van der Waals surface area contributed by atoms with Gasteiger partial charge in [-0.3, -0.25) is 14.3 Å².